The number of esters is 1. The summed E-state index contributed by atoms with van der Waals surface area (Å²) in [7, 11) is 0. The van der Waals surface area contributed by atoms with Crippen LogP contribution in [0.15, 0.2) is 65.8 Å². The van der Waals surface area contributed by atoms with E-state index in [4.69, 9.17) is 20.9 Å². The minimum absolute atomic E-state index is 0.103. The summed E-state index contributed by atoms with van der Waals surface area (Å²) in [4.78, 5) is 61.1. The Morgan fingerprint density at radius 2 is 1.38 bits per heavy atom. The van der Waals surface area contributed by atoms with Crippen molar-refractivity contribution in [3.8, 4) is 0 Å². The van der Waals surface area contributed by atoms with Crippen LogP contribution in [0.2, 0.25) is 0 Å². The second-order valence-electron chi connectivity index (χ2n) is 13.6. The fourth-order valence-corrected chi connectivity index (χ4v) is 4.91. The van der Waals surface area contributed by atoms with Crippen LogP contribution in [0.25, 0.3) is 10.9 Å². The fourth-order valence-electron chi connectivity index (χ4n) is 4.91. The molecule has 0 radical (unpaired) electrons. The van der Waals surface area contributed by atoms with Gasteiger partial charge < -0.3 is 41.9 Å². The van der Waals surface area contributed by atoms with Gasteiger partial charge in [-0.25, -0.2) is 9.59 Å². The number of aromatic amines is 1. The molecule has 0 saturated carbocycles. The van der Waals surface area contributed by atoms with Gasteiger partial charge in [0.15, 0.2) is 5.96 Å². The predicted molar refractivity (Wildman–Crippen MR) is 185 cm³/mol. The first-order chi connectivity index (χ1) is 22.5. The van der Waals surface area contributed by atoms with E-state index in [9.17, 15) is 19.2 Å². The summed E-state index contributed by atoms with van der Waals surface area (Å²) in [6.07, 6.45) is 1.72. The molecule has 3 atom stereocenters. The van der Waals surface area contributed by atoms with E-state index < -0.39 is 53.2 Å². The number of alkyl carbamates (subject to hydrolysis) is 1. The first-order valence-electron chi connectivity index (χ1n) is 16.0. The Hall–Kier alpha value is -5.07. The van der Waals surface area contributed by atoms with Crippen LogP contribution in [-0.4, -0.2) is 70.7 Å². The lowest BCUT2D eigenvalue weighted by molar-refractivity contribution is -0.158. The molecule has 260 valence electrons. The fraction of sp³-hybridized carbons (Fsp3) is 0.457. The monoisotopic (exact) mass is 663 g/mol. The number of rotatable bonds is 14. The molecule has 0 bridgehead atoms. The highest BCUT2D eigenvalue weighted by atomic mass is 16.6. The number of benzene rings is 2. The molecule has 0 aliphatic rings. The number of aliphatic imine (C=N–C) groups is 1. The summed E-state index contributed by atoms with van der Waals surface area (Å²) in [6.45, 7) is 10.6. The van der Waals surface area contributed by atoms with Gasteiger partial charge in [-0.15, -0.1) is 0 Å². The Balaban J connectivity index is 1.89. The lowest BCUT2D eigenvalue weighted by atomic mass is 10.0. The highest BCUT2D eigenvalue weighted by Gasteiger charge is 2.32. The molecular weight excluding hydrogens is 614 g/mol. The van der Waals surface area contributed by atoms with Crippen molar-refractivity contribution in [2.24, 2.45) is 16.5 Å². The van der Waals surface area contributed by atoms with Gasteiger partial charge >= 0.3 is 12.1 Å². The SMILES string of the molecule is CC(C)(C)OC(=O)N[C@@H](Cc1c[nH]c2ccccc12)C(=O)N[C@@H](CCCN=C(N)N)C(=O)N[C@@H](Cc1ccccc1)C(=O)OC(C)(C)C. The van der Waals surface area contributed by atoms with E-state index in [2.05, 4.69) is 25.9 Å². The van der Waals surface area contributed by atoms with Crippen molar-refractivity contribution in [3.05, 3.63) is 71.9 Å². The number of fused-ring (bicyclic) bond motifs is 1. The number of nitrogens with two attached hydrogens (primary N) is 2. The Kier molecular flexibility index (Phi) is 13.0. The number of guanidine groups is 1. The number of nitrogens with zero attached hydrogens (tertiary/aromatic N) is 1. The molecule has 0 aliphatic heterocycles. The third-order valence-electron chi connectivity index (χ3n) is 6.98. The predicted octanol–water partition coefficient (Wildman–Crippen LogP) is 3.21. The highest BCUT2D eigenvalue weighted by Crippen LogP contribution is 2.20. The molecule has 2 aromatic carbocycles. The molecule has 0 saturated heterocycles. The highest BCUT2D eigenvalue weighted by molar-refractivity contribution is 5.94. The number of nitrogens with one attached hydrogen (secondary N) is 4. The van der Waals surface area contributed by atoms with Crippen molar-refractivity contribution >= 4 is 40.7 Å². The standard InChI is InChI=1S/C35H49N7O6/c1-34(2,3)47-31(45)28(19-22-13-8-7-9-14-22)41-29(43)26(17-12-18-38-32(36)37)40-30(44)27(42-33(46)48-35(4,5)6)20-23-21-39-25-16-11-10-15-24(23)25/h7-11,13-16,21,26-28,39H,12,17-20H2,1-6H3,(H,40,44)(H,41,43)(H,42,46)(H4,36,37,38)/t26-,27-,28-/m0/s1. The molecule has 13 heteroatoms. The summed E-state index contributed by atoms with van der Waals surface area (Å²) < 4.78 is 11.1. The number of aromatic nitrogens is 1. The molecule has 3 amide bonds. The molecule has 8 N–H and O–H groups in total. The molecular formula is C35H49N7O6. The molecule has 0 fully saturated rings. The van der Waals surface area contributed by atoms with Gasteiger partial charge in [-0.3, -0.25) is 14.6 Å². The topological polar surface area (TPSA) is 203 Å². The number of H-pyrrole nitrogens is 1. The Morgan fingerprint density at radius 1 is 0.771 bits per heavy atom. The Morgan fingerprint density at radius 3 is 2.02 bits per heavy atom. The lowest BCUT2D eigenvalue weighted by Gasteiger charge is -2.28. The zero-order chi connectivity index (χ0) is 35.5. The zero-order valence-electron chi connectivity index (χ0n) is 28.6. The van der Waals surface area contributed by atoms with Crippen LogP contribution in [0.4, 0.5) is 4.79 Å². The summed E-state index contributed by atoms with van der Waals surface area (Å²) >= 11 is 0. The van der Waals surface area contributed by atoms with Crippen molar-refractivity contribution in [2.45, 2.75) is 96.6 Å². The van der Waals surface area contributed by atoms with Gasteiger partial charge in [0.1, 0.15) is 29.3 Å². The minimum Gasteiger partial charge on any atom is -0.458 e. The molecule has 3 aromatic rings. The van der Waals surface area contributed by atoms with Crippen molar-refractivity contribution < 1.29 is 28.7 Å². The van der Waals surface area contributed by atoms with Crippen molar-refractivity contribution in [3.63, 3.8) is 0 Å². The van der Waals surface area contributed by atoms with Crippen LogP contribution in [0.5, 0.6) is 0 Å². The summed E-state index contributed by atoms with van der Waals surface area (Å²) in [5, 5.41) is 9.14. The normalized spacial score (nSPS) is 13.5. The van der Waals surface area contributed by atoms with Gasteiger partial charge in [-0.2, -0.15) is 0 Å². The number of ether oxygens (including phenoxy) is 2. The largest absolute Gasteiger partial charge is 0.458 e. The molecule has 3 rings (SSSR count). The van der Waals surface area contributed by atoms with Crippen LogP contribution in [0.1, 0.15) is 65.5 Å². The van der Waals surface area contributed by atoms with Crippen molar-refractivity contribution in [1.29, 1.82) is 0 Å². The number of para-hydroxylation sites is 1. The van der Waals surface area contributed by atoms with Crippen LogP contribution in [0.3, 0.4) is 0 Å². The van der Waals surface area contributed by atoms with Crippen LogP contribution in [-0.2, 0) is 36.7 Å². The van der Waals surface area contributed by atoms with Crippen LogP contribution >= 0.6 is 0 Å². The maximum atomic E-state index is 13.9. The molecule has 0 aliphatic carbocycles. The quantitative estimate of drug-likeness (QED) is 0.0653. The number of carbonyl (C=O) groups excluding carboxylic acids is 4. The molecule has 0 unspecified atom stereocenters. The number of amides is 3. The van der Waals surface area contributed by atoms with Gasteiger partial charge in [0, 0.05) is 36.5 Å². The number of hydrogen-bond donors (Lipinski definition) is 6. The molecule has 1 aromatic heterocycles. The summed E-state index contributed by atoms with van der Waals surface area (Å²) in [5.74, 6) is -1.95. The van der Waals surface area contributed by atoms with E-state index in [1.165, 1.54) is 0 Å². The van der Waals surface area contributed by atoms with E-state index in [0.717, 1.165) is 22.0 Å². The second-order valence-corrected chi connectivity index (χ2v) is 13.6. The van der Waals surface area contributed by atoms with Gasteiger partial charge in [-0.1, -0.05) is 48.5 Å². The smallest absolute Gasteiger partial charge is 0.408 e. The Bertz CT molecular complexity index is 1570. The second kappa shape index (κ2) is 16.7. The third kappa shape index (κ3) is 12.6. The van der Waals surface area contributed by atoms with Crippen LogP contribution in [0, 0.1) is 0 Å². The maximum Gasteiger partial charge on any atom is 0.408 e. The van der Waals surface area contributed by atoms with E-state index in [1.54, 1.807) is 47.7 Å². The zero-order valence-corrected chi connectivity index (χ0v) is 28.6. The van der Waals surface area contributed by atoms with Gasteiger partial charge in [0.05, 0.1) is 0 Å². The third-order valence-corrected chi connectivity index (χ3v) is 6.98. The van der Waals surface area contributed by atoms with Gasteiger partial charge in [-0.05, 0) is 71.6 Å². The summed E-state index contributed by atoms with van der Waals surface area (Å²) in [6, 6.07) is 13.5. The molecule has 48 heavy (non-hydrogen) atoms. The average Bonchev–Trinajstić information content (AvgIpc) is 3.39. The first kappa shape index (κ1) is 37.4. The lowest BCUT2D eigenvalue weighted by Crippen LogP contribution is -2.57. The number of carbonyl (C=O) groups is 4. The molecule has 0 spiro atoms. The van der Waals surface area contributed by atoms with Crippen molar-refractivity contribution in [2.75, 3.05) is 6.54 Å². The van der Waals surface area contributed by atoms with Gasteiger partial charge in [0.25, 0.3) is 0 Å². The molecule has 1 heterocycles. The minimum atomic E-state index is -1.11. The maximum absolute atomic E-state index is 13.9. The van der Waals surface area contributed by atoms with E-state index in [-0.39, 0.29) is 31.8 Å². The average molecular weight is 664 g/mol. The van der Waals surface area contributed by atoms with Crippen LogP contribution < -0.4 is 27.4 Å². The van der Waals surface area contributed by atoms with Gasteiger partial charge in [0.2, 0.25) is 11.8 Å². The number of hydrogen-bond acceptors (Lipinski definition) is 7. The van der Waals surface area contributed by atoms with E-state index >= 15 is 0 Å². The molecule has 13 nitrogen and oxygen atoms in total. The first-order valence-corrected chi connectivity index (χ1v) is 16.0. The van der Waals surface area contributed by atoms with E-state index in [1.807, 2.05) is 54.6 Å². The van der Waals surface area contributed by atoms with Crippen molar-refractivity contribution in [1.82, 2.24) is 20.9 Å². The Labute approximate surface area is 281 Å². The summed E-state index contributed by atoms with van der Waals surface area (Å²) in [5.41, 5.74) is 11.8. The van der Waals surface area contributed by atoms with E-state index in [0.29, 0.717) is 6.42 Å².